The van der Waals surface area contributed by atoms with Crippen molar-refractivity contribution in [1.82, 2.24) is 10.1 Å². The molecule has 150 valence electrons. The molecule has 0 spiro atoms. The van der Waals surface area contributed by atoms with E-state index in [1.54, 1.807) is 25.2 Å². The van der Waals surface area contributed by atoms with Gasteiger partial charge in [0, 0.05) is 24.6 Å². The Morgan fingerprint density at radius 3 is 2.62 bits per heavy atom. The maximum absolute atomic E-state index is 12.6. The molecule has 1 aliphatic rings. The molecule has 4 rings (SSSR count). The zero-order chi connectivity index (χ0) is 20.4. The molecule has 2 heterocycles. The van der Waals surface area contributed by atoms with Crippen LogP contribution in [0.2, 0.25) is 0 Å². The van der Waals surface area contributed by atoms with Gasteiger partial charge in [0.2, 0.25) is 5.91 Å². The number of para-hydroxylation sites is 1. The van der Waals surface area contributed by atoms with Crippen molar-refractivity contribution in [2.24, 2.45) is 0 Å². The molecule has 2 aromatic carbocycles. The molecule has 1 fully saturated rings. The largest absolute Gasteiger partial charge is 0.493 e. The third-order valence-corrected chi connectivity index (χ3v) is 5.22. The van der Waals surface area contributed by atoms with Crippen LogP contribution in [0.5, 0.6) is 11.5 Å². The quantitative estimate of drug-likeness (QED) is 0.633. The number of benzene rings is 2. The van der Waals surface area contributed by atoms with Crippen molar-refractivity contribution in [3.05, 3.63) is 53.9 Å². The second-order valence-corrected chi connectivity index (χ2v) is 6.92. The van der Waals surface area contributed by atoms with Gasteiger partial charge in [0.1, 0.15) is 0 Å². The summed E-state index contributed by atoms with van der Waals surface area (Å²) in [7, 11) is 3.14. The van der Waals surface area contributed by atoms with Crippen LogP contribution in [-0.2, 0) is 11.2 Å². The van der Waals surface area contributed by atoms with Crippen LogP contribution < -0.4 is 14.4 Å². The lowest BCUT2D eigenvalue weighted by atomic mass is 10.1. The number of carbonyl (C=O) groups is 1. The summed E-state index contributed by atoms with van der Waals surface area (Å²) >= 11 is 0. The van der Waals surface area contributed by atoms with Crippen LogP contribution in [0.25, 0.3) is 11.5 Å². The first-order valence-electron chi connectivity index (χ1n) is 9.58. The van der Waals surface area contributed by atoms with E-state index in [4.69, 9.17) is 14.0 Å². The number of amides is 1. The molecule has 0 unspecified atom stereocenters. The smallest absolute Gasteiger partial charge is 0.261 e. The minimum absolute atomic E-state index is 0.0598. The molecule has 1 saturated heterocycles. The lowest BCUT2D eigenvalue weighted by Crippen LogP contribution is -2.24. The predicted octanol–water partition coefficient (Wildman–Crippen LogP) is 3.84. The van der Waals surface area contributed by atoms with Crippen molar-refractivity contribution < 1.29 is 18.8 Å². The van der Waals surface area contributed by atoms with E-state index < -0.39 is 0 Å². The van der Waals surface area contributed by atoms with E-state index in [-0.39, 0.29) is 11.8 Å². The van der Waals surface area contributed by atoms with Crippen LogP contribution in [-0.4, -0.2) is 36.8 Å². The second-order valence-electron chi connectivity index (χ2n) is 6.92. The number of anilines is 1. The minimum atomic E-state index is -0.123. The fourth-order valence-electron chi connectivity index (χ4n) is 3.61. The van der Waals surface area contributed by atoms with E-state index in [1.807, 2.05) is 24.3 Å². The molecule has 0 radical (unpaired) electrons. The van der Waals surface area contributed by atoms with Gasteiger partial charge in [-0.3, -0.25) is 4.79 Å². The molecule has 29 heavy (non-hydrogen) atoms. The Hall–Kier alpha value is -3.35. The average Bonchev–Trinajstić information content (AvgIpc) is 3.40. The highest BCUT2D eigenvalue weighted by Gasteiger charge is 2.35. The van der Waals surface area contributed by atoms with E-state index in [0.29, 0.717) is 41.7 Å². The molecular weight excluding hydrogens is 370 g/mol. The summed E-state index contributed by atoms with van der Waals surface area (Å²) in [6.45, 7) is 2.63. The molecular formula is C22H23N3O4. The van der Waals surface area contributed by atoms with Gasteiger partial charge >= 0.3 is 0 Å². The van der Waals surface area contributed by atoms with E-state index in [1.165, 1.54) is 5.56 Å². The number of aromatic nitrogens is 2. The molecule has 7 nitrogen and oxygen atoms in total. The normalized spacial score (nSPS) is 16.3. The highest BCUT2D eigenvalue weighted by molar-refractivity contribution is 5.96. The van der Waals surface area contributed by atoms with Crippen molar-refractivity contribution in [1.29, 1.82) is 0 Å². The molecule has 3 aromatic rings. The summed E-state index contributed by atoms with van der Waals surface area (Å²) in [4.78, 5) is 18.9. The number of methoxy groups -OCH3 is 2. The van der Waals surface area contributed by atoms with Gasteiger partial charge in [-0.15, -0.1) is 0 Å². The second kappa shape index (κ2) is 7.95. The predicted molar refractivity (Wildman–Crippen MR) is 108 cm³/mol. The summed E-state index contributed by atoms with van der Waals surface area (Å²) in [5.41, 5.74) is 2.79. The molecule has 1 aromatic heterocycles. The monoisotopic (exact) mass is 393 g/mol. The summed E-state index contributed by atoms with van der Waals surface area (Å²) in [5, 5.41) is 4.13. The van der Waals surface area contributed by atoms with Gasteiger partial charge < -0.3 is 18.9 Å². The maximum atomic E-state index is 12.6. The third kappa shape index (κ3) is 3.55. The molecule has 0 aliphatic carbocycles. The Morgan fingerprint density at radius 1 is 1.14 bits per heavy atom. The molecule has 1 atom stereocenters. The van der Waals surface area contributed by atoms with Crippen LogP contribution in [0.4, 0.5) is 5.69 Å². The minimum Gasteiger partial charge on any atom is -0.493 e. The third-order valence-electron chi connectivity index (χ3n) is 5.22. The number of hydrogen-bond donors (Lipinski definition) is 0. The molecule has 0 bridgehead atoms. The lowest BCUT2D eigenvalue weighted by Gasteiger charge is -2.16. The Morgan fingerprint density at radius 2 is 1.93 bits per heavy atom. The van der Waals surface area contributed by atoms with Crippen molar-refractivity contribution in [3.63, 3.8) is 0 Å². The number of nitrogens with zero attached hydrogens (tertiary/aromatic N) is 3. The number of ether oxygens (including phenoxy) is 2. The van der Waals surface area contributed by atoms with Crippen LogP contribution in [0, 0.1) is 0 Å². The van der Waals surface area contributed by atoms with Gasteiger partial charge in [-0.1, -0.05) is 30.3 Å². The average molecular weight is 393 g/mol. The van der Waals surface area contributed by atoms with E-state index in [2.05, 4.69) is 29.2 Å². The first kappa shape index (κ1) is 19.0. The highest BCUT2D eigenvalue weighted by atomic mass is 16.5. The summed E-state index contributed by atoms with van der Waals surface area (Å²) in [5.74, 6) is 1.92. The van der Waals surface area contributed by atoms with E-state index in [9.17, 15) is 4.79 Å². The molecule has 1 amide bonds. The highest BCUT2D eigenvalue weighted by Crippen LogP contribution is 2.38. The van der Waals surface area contributed by atoms with Crippen molar-refractivity contribution >= 4 is 11.6 Å². The molecule has 1 aliphatic heterocycles. The van der Waals surface area contributed by atoms with Crippen molar-refractivity contribution in [2.75, 3.05) is 25.7 Å². The Bertz CT molecular complexity index is 1010. The Labute approximate surface area is 169 Å². The van der Waals surface area contributed by atoms with Gasteiger partial charge in [-0.05, 0) is 36.2 Å². The van der Waals surface area contributed by atoms with Crippen molar-refractivity contribution in [3.8, 4) is 23.0 Å². The molecule has 7 heteroatoms. The van der Waals surface area contributed by atoms with Crippen molar-refractivity contribution in [2.45, 2.75) is 25.7 Å². The number of rotatable bonds is 6. The topological polar surface area (TPSA) is 77.7 Å². The zero-order valence-electron chi connectivity index (χ0n) is 16.7. The molecule has 0 N–H and O–H groups in total. The SMILES string of the molecule is CCc1ccc(N2C[C@@H](c3noc(-c4cccc(OC)c4OC)n3)CC2=O)cc1. The zero-order valence-corrected chi connectivity index (χ0v) is 16.7. The summed E-state index contributed by atoms with van der Waals surface area (Å²) < 4.78 is 16.3. The van der Waals surface area contributed by atoms with Gasteiger partial charge in [0.05, 0.1) is 19.8 Å². The van der Waals surface area contributed by atoms with Crippen LogP contribution >= 0.6 is 0 Å². The van der Waals surface area contributed by atoms with Gasteiger partial charge in [-0.2, -0.15) is 4.98 Å². The summed E-state index contributed by atoms with van der Waals surface area (Å²) in [6, 6.07) is 13.6. The maximum Gasteiger partial charge on any atom is 0.261 e. The van der Waals surface area contributed by atoms with Crippen LogP contribution in [0.15, 0.2) is 47.0 Å². The Kier molecular flexibility index (Phi) is 5.20. The lowest BCUT2D eigenvalue weighted by molar-refractivity contribution is -0.117. The molecule has 0 saturated carbocycles. The van der Waals surface area contributed by atoms with Gasteiger partial charge in [0.25, 0.3) is 5.89 Å². The fourth-order valence-corrected chi connectivity index (χ4v) is 3.61. The van der Waals surface area contributed by atoms with Gasteiger partial charge in [-0.25, -0.2) is 0 Å². The fraction of sp³-hybridized carbons (Fsp3) is 0.318. The first-order chi connectivity index (χ1) is 14.1. The Balaban J connectivity index is 1.57. The van der Waals surface area contributed by atoms with Crippen LogP contribution in [0.3, 0.4) is 0 Å². The number of carbonyl (C=O) groups excluding carboxylic acids is 1. The number of hydrogen-bond acceptors (Lipinski definition) is 6. The van der Waals surface area contributed by atoms with E-state index in [0.717, 1.165) is 12.1 Å². The number of aryl methyl sites for hydroxylation is 1. The van der Waals surface area contributed by atoms with Crippen LogP contribution in [0.1, 0.15) is 30.7 Å². The van der Waals surface area contributed by atoms with Gasteiger partial charge in [0.15, 0.2) is 17.3 Å². The standard InChI is InChI=1S/C22H23N3O4/c1-4-14-8-10-16(11-9-14)25-13-15(12-19(25)26)21-23-22(29-24-21)17-6-5-7-18(27-2)20(17)28-3/h5-11,15H,4,12-13H2,1-3H3/t15-/m0/s1. The van der Waals surface area contributed by atoms with E-state index >= 15 is 0 Å². The first-order valence-corrected chi connectivity index (χ1v) is 9.58. The summed E-state index contributed by atoms with van der Waals surface area (Å²) in [6.07, 6.45) is 1.32.